The number of benzene rings is 1. The number of nitrogens with two attached hydrogens (primary N) is 1. The maximum atomic E-state index is 13.2. The number of hydrogen-bond acceptors (Lipinski definition) is 5. The van der Waals surface area contributed by atoms with E-state index in [9.17, 15) is 9.18 Å². The molecule has 0 radical (unpaired) electrons. The fourth-order valence-electron chi connectivity index (χ4n) is 1.49. The zero-order valence-electron chi connectivity index (χ0n) is 10.5. The molecular weight excluding hydrogens is 263 g/mol. The van der Waals surface area contributed by atoms with Crippen LogP contribution in [0.4, 0.5) is 10.2 Å². The Morgan fingerprint density at radius 3 is 2.80 bits per heavy atom. The van der Waals surface area contributed by atoms with E-state index in [1.54, 1.807) is 12.1 Å². The Morgan fingerprint density at radius 2 is 2.05 bits per heavy atom. The van der Waals surface area contributed by atoms with Crippen molar-refractivity contribution < 1.29 is 13.9 Å². The summed E-state index contributed by atoms with van der Waals surface area (Å²) in [5, 5.41) is 2.56. The number of ether oxygens (including phenoxy) is 1. The lowest BCUT2D eigenvalue weighted by Gasteiger charge is -2.08. The van der Waals surface area contributed by atoms with Crippen molar-refractivity contribution in [2.45, 2.75) is 0 Å². The molecule has 0 saturated heterocycles. The van der Waals surface area contributed by atoms with Gasteiger partial charge in [0.25, 0.3) is 5.91 Å². The fourth-order valence-corrected chi connectivity index (χ4v) is 1.49. The zero-order chi connectivity index (χ0) is 14.4. The number of rotatable bonds is 5. The third-order valence-corrected chi connectivity index (χ3v) is 2.42. The van der Waals surface area contributed by atoms with Crippen LogP contribution in [0.1, 0.15) is 10.5 Å². The molecule has 0 aliphatic heterocycles. The molecule has 0 aliphatic carbocycles. The van der Waals surface area contributed by atoms with Gasteiger partial charge in [-0.1, -0.05) is 12.1 Å². The molecule has 0 saturated carbocycles. The third kappa shape index (κ3) is 3.41. The SMILES string of the molecule is Nc1nccnc1C(=O)NCCOc1ccccc1F. The number of para-hydroxylation sites is 1. The number of aromatic nitrogens is 2. The number of nitrogens with one attached hydrogen (secondary N) is 1. The maximum Gasteiger partial charge on any atom is 0.273 e. The molecule has 1 aromatic carbocycles. The molecule has 0 unspecified atom stereocenters. The standard InChI is InChI=1S/C13H13FN4O2/c14-9-3-1-2-4-10(9)20-8-7-18-13(19)11-12(15)17-6-5-16-11/h1-6H,7-8H2,(H2,15,17)(H,18,19). The molecule has 0 fully saturated rings. The first kappa shape index (κ1) is 13.7. The number of nitrogens with zero attached hydrogens (tertiary/aromatic N) is 2. The van der Waals surface area contributed by atoms with Crippen LogP contribution in [-0.2, 0) is 0 Å². The van der Waals surface area contributed by atoms with Crippen molar-refractivity contribution in [1.82, 2.24) is 15.3 Å². The molecule has 2 rings (SSSR count). The van der Waals surface area contributed by atoms with Crippen LogP contribution >= 0.6 is 0 Å². The molecule has 1 heterocycles. The van der Waals surface area contributed by atoms with Crippen LogP contribution in [0.2, 0.25) is 0 Å². The van der Waals surface area contributed by atoms with E-state index < -0.39 is 11.7 Å². The minimum Gasteiger partial charge on any atom is -0.489 e. The smallest absolute Gasteiger partial charge is 0.273 e. The van der Waals surface area contributed by atoms with Crippen LogP contribution in [0.3, 0.4) is 0 Å². The zero-order valence-corrected chi connectivity index (χ0v) is 10.5. The fraction of sp³-hybridized carbons (Fsp3) is 0.154. The summed E-state index contributed by atoms with van der Waals surface area (Å²) in [7, 11) is 0. The highest BCUT2D eigenvalue weighted by atomic mass is 19.1. The van der Waals surface area contributed by atoms with Crippen LogP contribution in [-0.4, -0.2) is 29.0 Å². The molecule has 2 aromatic rings. The Labute approximate surface area is 114 Å². The Bertz CT molecular complexity index is 606. The number of halogens is 1. The third-order valence-electron chi connectivity index (χ3n) is 2.42. The van der Waals surface area contributed by atoms with E-state index in [1.807, 2.05) is 0 Å². The van der Waals surface area contributed by atoms with Gasteiger partial charge >= 0.3 is 0 Å². The van der Waals surface area contributed by atoms with Crippen LogP contribution in [0.15, 0.2) is 36.7 Å². The largest absolute Gasteiger partial charge is 0.489 e. The summed E-state index contributed by atoms with van der Waals surface area (Å²) in [6, 6.07) is 6.05. The monoisotopic (exact) mass is 276 g/mol. The predicted octanol–water partition coefficient (Wildman–Crippen LogP) is 1.01. The van der Waals surface area contributed by atoms with E-state index in [-0.39, 0.29) is 30.4 Å². The summed E-state index contributed by atoms with van der Waals surface area (Å²) in [6.07, 6.45) is 2.77. The van der Waals surface area contributed by atoms with Crippen LogP contribution in [0, 0.1) is 5.82 Å². The van der Waals surface area contributed by atoms with Crippen molar-refractivity contribution in [3.05, 3.63) is 48.2 Å². The molecule has 0 aliphatic rings. The molecule has 104 valence electrons. The molecule has 6 nitrogen and oxygen atoms in total. The van der Waals surface area contributed by atoms with Crippen molar-refractivity contribution in [2.75, 3.05) is 18.9 Å². The number of anilines is 1. The van der Waals surface area contributed by atoms with Crippen molar-refractivity contribution >= 4 is 11.7 Å². The highest BCUT2D eigenvalue weighted by Crippen LogP contribution is 2.14. The van der Waals surface area contributed by atoms with Crippen LogP contribution in [0.25, 0.3) is 0 Å². The number of amides is 1. The number of nitrogen functional groups attached to an aromatic ring is 1. The predicted molar refractivity (Wildman–Crippen MR) is 70.7 cm³/mol. The summed E-state index contributed by atoms with van der Waals surface area (Å²) in [6.45, 7) is 0.329. The molecule has 7 heteroatoms. The summed E-state index contributed by atoms with van der Waals surface area (Å²) >= 11 is 0. The van der Waals surface area contributed by atoms with E-state index in [0.29, 0.717) is 0 Å². The number of hydrogen-bond donors (Lipinski definition) is 2. The van der Waals surface area contributed by atoms with Gasteiger partial charge in [-0.2, -0.15) is 0 Å². The highest BCUT2D eigenvalue weighted by molar-refractivity contribution is 5.96. The van der Waals surface area contributed by atoms with E-state index >= 15 is 0 Å². The van der Waals surface area contributed by atoms with Crippen molar-refractivity contribution in [3.63, 3.8) is 0 Å². The van der Waals surface area contributed by atoms with Gasteiger partial charge in [0.05, 0.1) is 6.54 Å². The number of carbonyl (C=O) groups excluding carboxylic acids is 1. The van der Waals surface area contributed by atoms with Crippen molar-refractivity contribution in [3.8, 4) is 5.75 Å². The number of carbonyl (C=O) groups is 1. The van der Waals surface area contributed by atoms with Gasteiger partial charge < -0.3 is 15.8 Å². The summed E-state index contributed by atoms with van der Waals surface area (Å²) in [5.41, 5.74) is 5.58. The van der Waals surface area contributed by atoms with Gasteiger partial charge in [0, 0.05) is 12.4 Å². The van der Waals surface area contributed by atoms with Gasteiger partial charge in [-0.3, -0.25) is 4.79 Å². The summed E-state index contributed by atoms with van der Waals surface area (Å²) in [5.74, 6) is -0.703. The molecule has 3 N–H and O–H groups in total. The Hall–Kier alpha value is -2.70. The van der Waals surface area contributed by atoms with Gasteiger partial charge in [-0.25, -0.2) is 14.4 Å². The second-order valence-electron chi connectivity index (χ2n) is 3.82. The van der Waals surface area contributed by atoms with E-state index in [4.69, 9.17) is 10.5 Å². The minimum absolute atomic E-state index is 0.0541. The topological polar surface area (TPSA) is 90.1 Å². The van der Waals surface area contributed by atoms with Gasteiger partial charge in [-0.05, 0) is 12.1 Å². The van der Waals surface area contributed by atoms with Crippen molar-refractivity contribution in [1.29, 1.82) is 0 Å². The van der Waals surface area contributed by atoms with Gasteiger partial charge in [0.15, 0.2) is 23.1 Å². The molecule has 1 amide bonds. The Kier molecular flexibility index (Phi) is 4.43. The maximum absolute atomic E-state index is 13.2. The van der Waals surface area contributed by atoms with Crippen LogP contribution in [0.5, 0.6) is 5.75 Å². The average molecular weight is 276 g/mol. The Morgan fingerprint density at radius 1 is 1.30 bits per heavy atom. The van der Waals surface area contributed by atoms with Gasteiger partial charge in [0.2, 0.25) is 0 Å². The van der Waals surface area contributed by atoms with Crippen molar-refractivity contribution in [2.24, 2.45) is 0 Å². The van der Waals surface area contributed by atoms with Gasteiger partial charge in [-0.15, -0.1) is 0 Å². The molecular formula is C13H13FN4O2. The van der Waals surface area contributed by atoms with Crippen LogP contribution < -0.4 is 15.8 Å². The van der Waals surface area contributed by atoms with E-state index in [0.717, 1.165) is 0 Å². The first-order valence-corrected chi connectivity index (χ1v) is 5.90. The molecule has 0 atom stereocenters. The highest BCUT2D eigenvalue weighted by Gasteiger charge is 2.11. The lowest BCUT2D eigenvalue weighted by Crippen LogP contribution is -2.29. The minimum atomic E-state index is -0.451. The Balaban J connectivity index is 1.81. The molecule has 1 aromatic heterocycles. The second kappa shape index (κ2) is 6.46. The second-order valence-corrected chi connectivity index (χ2v) is 3.82. The lowest BCUT2D eigenvalue weighted by atomic mass is 10.3. The quantitative estimate of drug-likeness (QED) is 0.795. The first-order chi connectivity index (χ1) is 9.68. The molecule has 0 spiro atoms. The first-order valence-electron chi connectivity index (χ1n) is 5.90. The normalized spacial score (nSPS) is 10.1. The lowest BCUT2D eigenvalue weighted by molar-refractivity contribution is 0.0942. The molecule has 0 bridgehead atoms. The summed E-state index contributed by atoms with van der Waals surface area (Å²) < 4.78 is 18.4. The van der Waals surface area contributed by atoms with Gasteiger partial charge in [0.1, 0.15) is 6.61 Å². The van der Waals surface area contributed by atoms with E-state index in [1.165, 1.54) is 24.5 Å². The average Bonchev–Trinajstić information content (AvgIpc) is 2.45. The molecule has 20 heavy (non-hydrogen) atoms. The van der Waals surface area contributed by atoms with E-state index in [2.05, 4.69) is 15.3 Å². The summed E-state index contributed by atoms with van der Waals surface area (Å²) in [4.78, 5) is 19.3.